The van der Waals surface area contributed by atoms with Crippen molar-refractivity contribution >= 4 is 58.8 Å². The molecule has 8 heteroatoms. The number of nitrogens with zero attached hydrogens (tertiary/aromatic N) is 4. The standard InChI is InChI=1S/C18H16Cl4N4/c19-15-3-1-4-16(20)13(15)11-23-25-7-9-26(10-8-25)24-12-14-17(21)5-2-6-18(14)22/h1-6,11-12H,7-10H2/b23-11-,24-12-. The summed E-state index contributed by atoms with van der Waals surface area (Å²) in [5.74, 6) is 0. The fraction of sp³-hybridized carbons (Fsp3) is 0.222. The van der Waals surface area contributed by atoms with Gasteiger partial charge in [0.2, 0.25) is 0 Å². The lowest BCUT2D eigenvalue weighted by Crippen LogP contribution is -2.41. The van der Waals surface area contributed by atoms with Crippen LogP contribution in [0.5, 0.6) is 0 Å². The lowest BCUT2D eigenvalue weighted by Gasteiger charge is -2.31. The van der Waals surface area contributed by atoms with Gasteiger partial charge in [0.25, 0.3) is 0 Å². The van der Waals surface area contributed by atoms with E-state index in [1.54, 1.807) is 36.7 Å². The highest BCUT2D eigenvalue weighted by molar-refractivity contribution is 6.39. The predicted molar refractivity (Wildman–Crippen MR) is 111 cm³/mol. The molecule has 1 aliphatic heterocycles. The molecule has 0 unspecified atom stereocenters. The topological polar surface area (TPSA) is 31.2 Å². The smallest absolute Gasteiger partial charge is 0.0572 e. The van der Waals surface area contributed by atoms with Crippen molar-refractivity contribution in [1.29, 1.82) is 0 Å². The highest BCUT2D eigenvalue weighted by Gasteiger charge is 2.14. The molecule has 136 valence electrons. The van der Waals surface area contributed by atoms with Crippen LogP contribution in [0.1, 0.15) is 11.1 Å². The minimum absolute atomic E-state index is 0.584. The van der Waals surface area contributed by atoms with Crippen LogP contribution in [0.3, 0.4) is 0 Å². The van der Waals surface area contributed by atoms with Crippen LogP contribution in [-0.2, 0) is 0 Å². The van der Waals surface area contributed by atoms with E-state index < -0.39 is 0 Å². The quantitative estimate of drug-likeness (QED) is 0.618. The van der Waals surface area contributed by atoms with Crippen LogP contribution in [0.4, 0.5) is 0 Å². The largest absolute Gasteiger partial charge is 0.293 e. The Balaban J connectivity index is 1.58. The molecule has 0 saturated carbocycles. The molecule has 1 aliphatic rings. The molecule has 0 aliphatic carbocycles. The molecule has 0 spiro atoms. The molecule has 26 heavy (non-hydrogen) atoms. The van der Waals surface area contributed by atoms with Crippen molar-refractivity contribution in [3.63, 3.8) is 0 Å². The van der Waals surface area contributed by atoms with Crippen LogP contribution < -0.4 is 0 Å². The Morgan fingerprint density at radius 1 is 0.615 bits per heavy atom. The summed E-state index contributed by atoms with van der Waals surface area (Å²) in [4.78, 5) is 0. The Bertz CT molecular complexity index is 720. The summed E-state index contributed by atoms with van der Waals surface area (Å²) in [5.41, 5.74) is 1.45. The first kappa shape index (κ1) is 19.3. The van der Waals surface area contributed by atoms with Gasteiger partial charge in [-0.25, -0.2) is 0 Å². The van der Waals surface area contributed by atoms with Crippen LogP contribution in [-0.4, -0.2) is 48.6 Å². The van der Waals surface area contributed by atoms with Gasteiger partial charge in [0.05, 0.1) is 58.7 Å². The van der Waals surface area contributed by atoms with Crippen molar-refractivity contribution in [3.8, 4) is 0 Å². The average molecular weight is 430 g/mol. The fourth-order valence-corrected chi connectivity index (χ4v) is 3.45. The fourth-order valence-electron chi connectivity index (χ4n) is 2.46. The summed E-state index contributed by atoms with van der Waals surface area (Å²) in [6, 6.07) is 10.8. The molecule has 4 nitrogen and oxygen atoms in total. The second kappa shape index (κ2) is 8.96. The van der Waals surface area contributed by atoms with E-state index in [0.29, 0.717) is 20.1 Å². The lowest BCUT2D eigenvalue weighted by molar-refractivity contribution is 0.141. The third kappa shape index (κ3) is 4.83. The monoisotopic (exact) mass is 428 g/mol. The molecule has 1 heterocycles. The van der Waals surface area contributed by atoms with Crippen LogP contribution in [0.25, 0.3) is 0 Å². The summed E-state index contributed by atoms with van der Waals surface area (Å²) in [5, 5.41) is 15.2. The number of hydrogen-bond acceptors (Lipinski definition) is 4. The first-order chi connectivity index (χ1) is 12.5. The Labute approximate surface area is 172 Å². The summed E-state index contributed by atoms with van der Waals surface area (Å²) >= 11 is 24.6. The molecule has 0 bridgehead atoms. The molecule has 2 aromatic rings. The molecule has 0 amide bonds. The number of benzene rings is 2. The van der Waals surface area contributed by atoms with Gasteiger partial charge in [-0.1, -0.05) is 58.5 Å². The molecule has 2 aromatic carbocycles. The van der Waals surface area contributed by atoms with Crippen LogP contribution in [0, 0.1) is 0 Å². The molecule has 0 aromatic heterocycles. The Morgan fingerprint density at radius 3 is 1.23 bits per heavy atom. The zero-order valence-corrected chi connectivity index (χ0v) is 16.8. The van der Waals surface area contributed by atoms with Crippen molar-refractivity contribution in [2.45, 2.75) is 0 Å². The van der Waals surface area contributed by atoms with Gasteiger partial charge in [0, 0.05) is 11.1 Å². The second-order valence-corrected chi connectivity index (χ2v) is 7.30. The summed E-state index contributed by atoms with van der Waals surface area (Å²) in [7, 11) is 0. The minimum Gasteiger partial charge on any atom is -0.293 e. The Hall–Kier alpha value is -1.46. The van der Waals surface area contributed by atoms with E-state index in [2.05, 4.69) is 10.2 Å². The Morgan fingerprint density at radius 2 is 0.923 bits per heavy atom. The van der Waals surface area contributed by atoms with E-state index in [1.165, 1.54) is 0 Å². The zero-order chi connectivity index (χ0) is 18.5. The number of hydrazone groups is 2. The second-order valence-electron chi connectivity index (χ2n) is 5.67. The maximum absolute atomic E-state index is 6.15. The highest BCUT2D eigenvalue weighted by Crippen LogP contribution is 2.23. The van der Waals surface area contributed by atoms with E-state index >= 15 is 0 Å². The molecule has 0 atom stereocenters. The Kier molecular flexibility index (Phi) is 6.65. The number of rotatable bonds is 4. The molecular formula is C18H16Cl4N4. The van der Waals surface area contributed by atoms with Crippen LogP contribution in [0.2, 0.25) is 20.1 Å². The van der Waals surface area contributed by atoms with Crippen molar-refractivity contribution in [2.24, 2.45) is 10.2 Å². The first-order valence-electron chi connectivity index (χ1n) is 8.00. The minimum atomic E-state index is 0.584. The molecule has 0 N–H and O–H groups in total. The van der Waals surface area contributed by atoms with Crippen molar-refractivity contribution in [3.05, 3.63) is 67.6 Å². The SMILES string of the molecule is Clc1cccc(Cl)c1/C=N\N1CCN(/N=C\c2c(Cl)cccc2Cl)CC1. The van der Waals surface area contributed by atoms with Gasteiger partial charge in [0.1, 0.15) is 0 Å². The summed E-state index contributed by atoms with van der Waals surface area (Å²) < 4.78 is 0. The van der Waals surface area contributed by atoms with E-state index in [4.69, 9.17) is 46.4 Å². The van der Waals surface area contributed by atoms with Crippen molar-refractivity contribution in [2.75, 3.05) is 26.2 Å². The van der Waals surface area contributed by atoms with Crippen molar-refractivity contribution < 1.29 is 0 Å². The van der Waals surface area contributed by atoms with Gasteiger partial charge in [-0.3, -0.25) is 10.0 Å². The van der Waals surface area contributed by atoms with Crippen LogP contribution >= 0.6 is 46.4 Å². The van der Waals surface area contributed by atoms with Gasteiger partial charge >= 0.3 is 0 Å². The van der Waals surface area contributed by atoms with Gasteiger partial charge in [-0.2, -0.15) is 10.2 Å². The van der Waals surface area contributed by atoms with Gasteiger partial charge in [0.15, 0.2) is 0 Å². The highest BCUT2D eigenvalue weighted by atomic mass is 35.5. The average Bonchev–Trinajstić information content (AvgIpc) is 2.62. The summed E-state index contributed by atoms with van der Waals surface area (Å²) in [6.07, 6.45) is 3.40. The van der Waals surface area contributed by atoms with Crippen molar-refractivity contribution in [1.82, 2.24) is 10.0 Å². The van der Waals surface area contributed by atoms with E-state index in [0.717, 1.165) is 37.3 Å². The first-order valence-corrected chi connectivity index (χ1v) is 9.51. The lowest BCUT2D eigenvalue weighted by atomic mass is 10.2. The van der Waals surface area contributed by atoms with Gasteiger partial charge < -0.3 is 0 Å². The van der Waals surface area contributed by atoms with E-state index in [-0.39, 0.29) is 0 Å². The number of hydrogen-bond donors (Lipinski definition) is 0. The number of piperazine rings is 1. The summed E-state index contributed by atoms with van der Waals surface area (Å²) in [6.45, 7) is 2.97. The van der Waals surface area contributed by atoms with Crippen LogP contribution in [0.15, 0.2) is 46.6 Å². The zero-order valence-electron chi connectivity index (χ0n) is 13.7. The van der Waals surface area contributed by atoms with Gasteiger partial charge in [-0.15, -0.1) is 0 Å². The molecule has 1 saturated heterocycles. The third-order valence-corrected chi connectivity index (χ3v) is 5.25. The normalized spacial score (nSPS) is 15.4. The maximum Gasteiger partial charge on any atom is 0.0572 e. The third-order valence-electron chi connectivity index (χ3n) is 3.93. The van der Waals surface area contributed by atoms with E-state index in [9.17, 15) is 0 Å². The molecule has 1 fully saturated rings. The number of halogens is 4. The van der Waals surface area contributed by atoms with Gasteiger partial charge in [-0.05, 0) is 24.3 Å². The molecule has 3 rings (SSSR count). The predicted octanol–water partition coefficient (Wildman–Crippen LogP) is 5.29. The maximum atomic E-state index is 6.15. The van der Waals surface area contributed by atoms with E-state index in [1.807, 2.05) is 22.2 Å². The molecular weight excluding hydrogens is 414 g/mol. The molecule has 0 radical (unpaired) electrons.